The van der Waals surface area contributed by atoms with Crippen LogP contribution >= 0.6 is 11.6 Å². The molecular weight excluding hydrogens is 362 g/mol. The Morgan fingerprint density at radius 3 is 2.00 bits per heavy atom. The summed E-state index contributed by atoms with van der Waals surface area (Å²) in [6, 6.07) is 25.7. The number of nitrogens with zero attached hydrogens (tertiary/aromatic N) is 3. The van der Waals surface area contributed by atoms with Crippen molar-refractivity contribution in [2.45, 2.75) is 0 Å². The van der Waals surface area contributed by atoms with Crippen LogP contribution in [0.25, 0.3) is 28.2 Å². The first-order valence-corrected chi connectivity index (χ1v) is 8.67. The van der Waals surface area contributed by atoms with Crippen LogP contribution in [0.2, 0.25) is 5.02 Å². The van der Waals surface area contributed by atoms with Gasteiger partial charge in [0.1, 0.15) is 5.69 Å². The highest BCUT2D eigenvalue weighted by atomic mass is 35.5. The zero-order valence-corrected chi connectivity index (χ0v) is 14.9. The molecule has 4 aromatic rings. The zero-order valence-electron chi connectivity index (χ0n) is 14.1. The monoisotopic (exact) mass is 375 g/mol. The molecule has 0 aliphatic rings. The number of nitro benzene ring substituents is 1. The lowest BCUT2D eigenvalue weighted by molar-refractivity contribution is -0.384. The number of rotatable bonds is 4. The normalized spacial score (nSPS) is 10.7. The predicted octanol–water partition coefficient (Wildman–Crippen LogP) is 5.77. The van der Waals surface area contributed by atoms with Gasteiger partial charge in [0.25, 0.3) is 5.69 Å². The molecule has 0 fully saturated rings. The van der Waals surface area contributed by atoms with Crippen molar-refractivity contribution in [3.63, 3.8) is 0 Å². The van der Waals surface area contributed by atoms with Gasteiger partial charge in [-0.2, -0.15) is 5.10 Å². The number of para-hydroxylation sites is 1. The summed E-state index contributed by atoms with van der Waals surface area (Å²) in [5.41, 5.74) is 3.92. The minimum Gasteiger partial charge on any atom is -0.258 e. The van der Waals surface area contributed by atoms with Gasteiger partial charge in [0.2, 0.25) is 0 Å². The summed E-state index contributed by atoms with van der Waals surface area (Å²) in [7, 11) is 0. The Hall–Kier alpha value is -3.44. The van der Waals surface area contributed by atoms with Crippen molar-refractivity contribution in [2.75, 3.05) is 0 Å². The molecule has 0 bridgehead atoms. The molecule has 132 valence electrons. The summed E-state index contributed by atoms with van der Waals surface area (Å²) in [5.74, 6) is 0. The standard InChI is InChI=1S/C21H14ClN3O2/c22-19-20(15-11-13-18(14-12-15)25(26)27)23-24(17-9-5-2-6-10-17)21(19)16-7-3-1-4-8-16/h1-14H. The van der Waals surface area contributed by atoms with Crippen LogP contribution in [0.15, 0.2) is 84.9 Å². The highest BCUT2D eigenvalue weighted by Crippen LogP contribution is 2.38. The first-order valence-electron chi connectivity index (χ1n) is 8.29. The van der Waals surface area contributed by atoms with Crippen LogP contribution in [-0.4, -0.2) is 14.7 Å². The van der Waals surface area contributed by atoms with Gasteiger partial charge in [0, 0.05) is 23.3 Å². The molecule has 0 radical (unpaired) electrons. The second kappa shape index (κ2) is 7.05. The number of hydrogen-bond acceptors (Lipinski definition) is 3. The van der Waals surface area contributed by atoms with Crippen LogP contribution < -0.4 is 0 Å². The predicted molar refractivity (Wildman–Crippen MR) is 106 cm³/mol. The minimum atomic E-state index is -0.427. The molecule has 0 aliphatic heterocycles. The van der Waals surface area contributed by atoms with Gasteiger partial charge in [-0.1, -0.05) is 60.1 Å². The number of hydrogen-bond donors (Lipinski definition) is 0. The van der Waals surface area contributed by atoms with E-state index in [0.717, 1.165) is 22.5 Å². The third-order valence-corrected chi connectivity index (χ3v) is 4.59. The van der Waals surface area contributed by atoms with E-state index in [-0.39, 0.29) is 5.69 Å². The topological polar surface area (TPSA) is 61.0 Å². The van der Waals surface area contributed by atoms with Crippen molar-refractivity contribution in [1.29, 1.82) is 0 Å². The van der Waals surface area contributed by atoms with E-state index in [2.05, 4.69) is 0 Å². The summed E-state index contributed by atoms with van der Waals surface area (Å²) in [6.07, 6.45) is 0. The van der Waals surface area contributed by atoms with Gasteiger partial charge in [0.05, 0.1) is 21.3 Å². The molecule has 27 heavy (non-hydrogen) atoms. The molecule has 0 saturated heterocycles. The van der Waals surface area contributed by atoms with Crippen LogP contribution in [0.1, 0.15) is 0 Å². The van der Waals surface area contributed by atoms with E-state index in [4.69, 9.17) is 16.7 Å². The number of nitro groups is 1. The maximum absolute atomic E-state index is 10.9. The number of benzene rings is 3. The number of aromatic nitrogens is 2. The third-order valence-electron chi connectivity index (χ3n) is 4.23. The van der Waals surface area contributed by atoms with Gasteiger partial charge >= 0.3 is 0 Å². The second-order valence-corrected chi connectivity index (χ2v) is 6.31. The van der Waals surface area contributed by atoms with Gasteiger partial charge in [0.15, 0.2) is 0 Å². The number of halogens is 1. The number of non-ortho nitro benzene ring substituents is 1. The van der Waals surface area contributed by atoms with Crippen molar-refractivity contribution in [2.24, 2.45) is 0 Å². The summed E-state index contributed by atoms with van der Waals surface area (Å²) in [6.45, 7) is 0. The lowest BCUT2D eigenvalue weighted by atomic mass is 10.1. The fourth-order valence-electron chi connectivity index (χ4n) is 2.93. The molecule has 0 unspecified atom stereocenters. The van der Waals surface area contributed by atoms with E-state index in [1.54, 1.807) is 16.8 Å². The van der Waals surface area contributed by atoms with Gasteiger partial charge in [-0.05, 0) is 24.3 Å². The lowest BCUT2D eigenvalue weighted by Crippen LogP contribution is -1.99. The summed E-state index contributed by atoms with van der Waals surface area (Å²) in [5, 5.41) is 16.1. The van der Waals surface area contributed by atoms with Crippen LogP contribution in [0.3, 0.4) is 0 Å². The molecule has 1 aromatic heterocycles. The van der Waals surface area contributed by atoms with E-state index in [9.17, 15) is 10.1 Å². The van der Waals surface area contributed by atoms with Crippen molar-refractivity contribution in [3.05, 3.63) is 100 Å². The Bertz CT molecular complexity index is 1090. The van der Waals surface area contributed by atoms with Gasteiger partial charge in [-0.15, -0.1) is 0 Å². The van der Waals surface area contributed by atoms with E-state index in [0.29, 0.717) is 10.7 Å². The highest BCUT2D eigenvalue weighted by Gasteiger charge is 2.20. The van der Waals surface area contributed by atoms with Crippen molar-refractivity contribution in [3.8, 4) is 28.2 Å². The molecule has 0 saturated carbocycles. The van der Waals surface area contributed by atoms with Crippen molar-refractivity contribution in [1.82, 2.24) is 9.78 Å². The molecule has 4 rings (SSSR count). The Balaban J connectivity index is 1.92. The maximum atomic E-state index is 10.9. The maximum Gasteiger partial charge on any atom is 0.269 e. The van der Waals surface area contributed by atoms with E-state index < -0.39 is 4.92 Å². The Morgan fingerprint density at radius 2 is 1.41 bits per heavy atom. The van der Waals surface area contributed by atoms with Crippen LogP contribution in [0.5, 0.6) is 0 Å². The molecule has 0 amide bonds. The fraction of sp³-hybridized carbons (Fsp3) is 0. The molecule has 5 nitrogen and oxygen atoms in total. The SMILES string of the molecule is O=[N+]([O-])c1ccc(-c2nn(-c3ccccc3)c(-c3ccccc3)c2Cl)cc1. The van der Waals surface area contributed by atoms with Crippen molar-refractivity contribution < 1.29 is 4.92 Å². The van der Waals surface area contributed by atoms with Gasteiger partial charge < -0.3 is 0 Å². The zero-order chi connectivity index (χ0) is 18.8. The Kier molecular flexibility index (Phi) is 4.44. The molecule has 0 atom stereocenters. The molecule has 0 spiro atoms. The largest absolute Gasteiger partial charge is 0.269 e. The fourth-order valence-corrected chi connectivity index (χ4v) is 3.26. The Labute approximate surface area is 160 Å². The molecule has 3 aromatic carbocycles. The summed E-state index contributed by atoms with van der Waals surface area (Å²) < 4.78 is 1.80. The lowest BCUT2D eigenvalue weighted by Gasteiger charge is -2.07. The third kappa shape index (κ3) is 3.20. The van der Waals surface area contributed by atoms with E-state index >= 15 is 0 Å². The Morgan fingerprint density at radius 1 is 0.815 bits per heavy atom. The molecular formula is C21H14ClN3O2. The quantitative estimate of drug-likeness (QED) is 0.336. The molecule has 0 aliphatic carbocycles. The smallest absolute Gasteiger partial charge is 0.258 e. The van der Waals surface area contributed by atoms with Crippen molar-refractivity contribution >= 4 is 17.3 Å². The van der Waals surface area contributed by atoms with Crippen LogP contribution in [0.4, 0.5) is 5.69 Å². The highest BCUT2D eigenvalue weighted by molar-refractivity contribution is 6.35. The molecule has 1 heterocycles. The second-order valence-electron chi connectivity index (χ2n) is 5.93. The van der Waals surface area contributed by atoms with Gasteiger partial charge in [-0.25, -0.2) is 4.68 Å². The summed E-state index contributed by atoms with van der Waals surface area (Å²) in [4.78, 5) is 10.5. The van der Waals surface area contributed by atoms with Crippen LogP contribution in [0, 0.1) is 10.1 Å². The average Bonchev–Trinajstić information content (AvgIpc) is 3.06. The minimum absolute atomic E-state index is 0.0284. The van der Waals surface area contributed by atoms with Crippen LogP contribution in [-0.2, 0) is 0 Å². The molecule has 0 N–H and O–H groups in total. The van der Waals surface area contributed by atoms with E-state index in [1.165, 1.54) is 12.1 Å². The summed E-state index contributed by atoms with van der Waals surface area (Å²) >= 11 is 6.73. The van der Waals surface area contributed by atoms with Gasteiger partial charge in [-0.3, -0.25) is 10.1 Å². The first kappa shape index (κ1) is 17.0. The van der Waals surface area contributed by atoms with E-state index in [1.807, 2.05) is 60.7 Å². The first-order chi connectivity index (χ1) is 13.1. The average molecular weight is 376 g/mol. The molecule has 6 heteroatoms.